The fraction of sp³-hybridized carbons (Fsp3) is 0.458. The average molecular weight is 469 g/mol. The summed E-state index contributed by atoms with van der Waals surface area (Å²) in [5, 5.41) is 8.33. The van der Waals surface area contributed by atoms with Crippen molar-refractivity contribution in [2.24, 2.45) is 0 Å². The summed E-state index contributed by atoms with van der Waals surface area (Å²) in [6, 6.07) is 9.01. The number of hydrogen-bond donors (Lipinski definition) is 1. The molecule has 0 radical (unpaired) electrons. The van der Waals surface area contributed by atoms with Crippen molar-refractivity contribution in [2.75, 3.05) is 23.4 Å². The molecule has 1 atom stereocenters. The number of amides is 1. The largest absolute Gasteiger partial charge is 0.491 e. The highest BCUT2D eigenvalue weighted by molar-refractivity contribution is 7.91. The minimum absolute atomic E-state index is 0.0578. The number of carbonyl (C=O) groups is 1. The van der Waals surface area contributed by atoms with Crippen molar-refractivity contribution >= 4 is 32.5 Å². The van der Waals surface area contributed by atoms with E-state index in [0.29, 0.717) is 52.7 Å². The number of pyridine rings is 1. The second-order valence-electron chi connectivity index (χ2n) is 8.95. The molecule has 3 aromatic rings. The molecular formula is C24H28N4O4S. The second kappa shape index (κ2) is 8.44. The number of anilines is 1. The van der Waals surface area contributed by atoms with Gasteiger partial charge in [0.1, 0.15) is 5.75 Å². The Morgan fingerprint density at radius 2 is 2.03 bits per heavy atom. The number of benzene rings is 1. The Morgan fingerprint density at radius 3 is 2.73 bits per heavy atom. The van der Waals surface area contributed by atoms with Crippen molar-refractivity contribution in [3.63, 3.8) is 0 Å². The van der Waals surface area contributed by atoms with E-state index < -0.39 is 9.84 Å². The number of sulfone groups is 1. The first-order chi connectivity index (χ1) is 15.9. The summed E-state index contributed by atoms with van der Waals surface area (Å²) >= 11 is 0. The van der Waals surface area contributed by atoms with Crippen molar-refractivity contribution in [2.45, 2.75) is 51.5 Å². The molecule has 2 aromatic heterocycles. The van der Waals surface area contributed by atoms with E-state index in [1.165, 1.54) is 0 Å². The molecule has 1 aromatic carbocycles. The molecular weight excluding hydrogens is 440 g/mol. The van der Waals surface area contributed by atoms with E-state index in [4.69, 9.17) is 9.72 Å². The van der Waals surface area contributed by atoms with Crippen LogP contribution in [0.2, 0.25) is 0 Å². The zero-order valence-corrected chi connectivity index (χ0v) is 19.7. The van der Waals surface area contributed by atoms with Crippen LogP contribution >= 0.6 is 0 Å². The lowest BCUT2D eigenvalue weighted by molar-refractivity contribution is 0.102. The van der Waals surface area contributed by atoms with Crippen LogP contribution in [0.15, 0.2) is 30.3 Å². The maximum atomic E-state index is 13.5. The van der Waals surface area contributed by atoms with Gasteiger partial charge in [-0.2, -0.15) is 5.10 Å². The zero-order valence-electron chi connectivity index (χ0n) is 18.9. The van der Waals surface area contributed by atoms with Gasteiger partial charge in [-0.05, 0) is 50.8 Å². The van der Waals surface area contributed by atoms with Gasteiger partial charge in [-0.15, -0.1) is 0 Å². The molecule has 3 heterocycles. The Bertz CT molecular complexity index is 1330. The molecule has 5 rings (SSSR count). The Labute approximate surface area is 193 Å². The summed E-state index contributed by atoms with van der Waals surface area (Å²) in [6.07, 6.45) is 3.46. The number of nitrogens with zero attached hydrogens (tertiary/aromatic N) is 3. The first-order valence-electron chi connectivity index (χ1n) is 11.5. The molecule has 1 N–H and O–H groups in total. The van der Waals surface area contributed by atoms with Crippen LogP contribution < -0.4 is 10.1 Å². The number of hydrogen-bond acceptors (Lipinski definition) is 6. The van der Waals surface area contributed by atoms with Crippen molar-refractivity contribution in [1.29, 1.82) is 0 Å². The highest BCUT2D eigenvalue weighted by Gasteiger charge is 2.34. The summed E-state index contributed by atoms with van der Waals surface area (Å²) < 4.78 is 31.7. The number of carbonyl (C=O) groups excluding carboxylic acids is 1. The quantitative estimate of drug-likeness (QED) is 0.562. The molecule has 8 nitrogen and oxygen atoms in total. The van der Waals surface area contributed by atoms with Crippen LogP contribution in [0.1, 0.15) is 66.3 Å². The molecule has 2 aliphatic rings. The summed E-state index contributed by atoms with van der Waals surface area (Å²) in [4.78, 5) is 18.4. The van der Waals surface area contributed by atoms with Gasteiger partial charge in [-0.25, -0.2) is 18.1 Å². The fourth-order valence-electron chi connectivity index (χ4n) is 4.42. The third kappa shape index (κ3) is 4.34. The molecule has 1 saturated carbocycles. The molecule has 1 unspecified atom stereocenters. The van der Waals surface area contributed by atoms with Gasteiger partial charge in [0.25, 0.3) is 5.91 Å². The summed E-state index contributed by atoms with van der Waals surface area (Å²) in [5.74, 6) is 0.921. The van der Waals surface area contributed by atoms with E-state index >= 15 is 0 Å². The average Bonchev–Trinajstić information content (AvgIpc) is 3.51. The van der Waals surface area contributed by atoms with Gasteiger partial charge in [-0.1, -0.05) is 19.1 Å². The van der Waals surface area contributed by atoms with E-state index in [1.807, 2.05) is 44.2 Å². The Balaban J connectivity index is 1.56. The van der Waals surface area contributed by atoms with Gasteiger partial charge >= 0.3 is 0 Å². The smallest absolute Gasteiger partial charge is 0.256 e. The lowest BCUT2D eigenvalue weighted by Crippen LogP contribution is -2.16. The molecule has 33 heavy (non-hydrogen) atoms. The second-order valence-corrected chi connectivity index (χ2v) is 11.2. The number of aromatic nitrogens is 3. The Hall–Kier alpha value is -2.94. The van der Waals surface area contributed by atoms with E-state index in [-0.39, 0.29) is 23.5 Å². The van der Waals surface area contributed by atoms with E-state index in [2.05, 4.69) is 10.4 Å². The van der Waals surface area contributed by atoms with Crippen LogP contribution in [0.3, 0.4) is 0 Å². The van der Waals surface area contributed by atoms with E-state index in [1.54, 1.807) is 4.68 Å². The van der Waals surface area contributed by atoms with Crippen LogP contribution in [0.4, 0.5) is 5.69 Å². The SMILES string of the molecule is CCCOc1ccccc1NC(=O)c1cc(C2CC2)nc2c1c(C)nn2C1CCS(=O)(=O)C1. The Morgan fingerprint density at radius 1 is 1.24 bits per heavy atom. The number of fused-ring (bicyclic) bond motifs is 1. The number of nitrogens with one attached hydrogen (secondary N) is 1. The van der Waals surface area contributed by atoms with Crippen molar-refractivity contribution in [1.82, 2.24) is 14.8 Å². The fourth-order valence-corrected chi connectivity index (χ4v) is 6.11. The maximum Gasteiger partial charge on any atom is 0.256 e. The van der Waals surface area contributed by atoms with Gasteiger partial charge in [0.05, 0.1) is 46.5 Å². The van der Waals surface area contributed by atoms with Crippen LogP contribution in [0.5, 0.6) is 5.75 Å². The standard InChI is InChI=1S/C24H28N4O4S/c1-3-11-32-21-7-5-4-6-19(21)26-24(29)18-13-20(16-8-9-16)25-23-22(18)15(2)27-28(23)17-10-12-33(30,31)14-17/h4-7,13,16-17H,3,8-12,14H2,1-2H3,(H,26,29). The first kappa shape index (κ1) is 21.9. The minimum Gasteiger partial charge on any atom is -0.491 e. The molecule has 174 valence electrons. The third-order valence-electron chi connectivity index (χ3n) is 6.25. The molecule has 0 bridgehead atoms. The van der Waals surface area contributed by atoms with Gasteiger partial charge in [0.2, 0.25) is 0 Å². The van der Waals surface area contributed by atoms with Crippen LogP contribution in [-0.4, -0.2) is 47.2 Å². The molecule has 1 aliphatic heterocycles. The van der Waals surface area contributed by atoms with Crippen molar-refractivity contribution < 1.29 is 17.9 Å². The van der Waals surface area contributed by atoms with E-state index in [0.717, 1.165) is 25.0 Å². The number of aryl methyl sites for hydroxylation is 1. The normalized spacial score (nSPS) is 19.6. The van der Waals surface area contributed by atoms with Crippen LogP contribution in [0.25, 0.3) is 11.0 Å². The molecule has 1 aliphatic carbocycles. The topological polar surface area (TPSA) is 103 Å². The predicted molar refractivity (Wildman–Crippen MR) is 127 cm³/mol. The maximum absolute atomic E-state index is 13.5. The zero-order chi connectivity index (χ0) is 23.2. The molecule has 1 saturated heterocycles. The number of para-hydroxylation sites is 2. The van der Waals surface area contributed by atoms with Crippen LogP contribution in [-0.2, 0) is 9.84 Å². The summed E-state index contributed by atoms with van der Waals surface area (Å²) in [5.41, 5.74) is 3.26. The van der Waals surface area contributed by atoms with Crippen molar-refractivity contribution in [3.05, 3.63) is 47.3 Å². The van der Waals surface area contributed by atoms with Gasteiger partial charge < -0.3 is 10.1 Å². The highest BCUT2D eigenvalue weighted by Crippen LogP contribution is 2.41. The third-order valence-corrected chi connectivity index (χ3v) is 8.00. The lowest BCUT2D eigenvalue weighted by Gasteiger charge is -2.14. The monoisotopic (exact) mass is 468 g/mol. The van der Waals surface area contributed by atoms with Crippen molar-refractivity contribution in [3.8, 4) is 5.75 Å². The van der Waals surface area contributed by atoms with Gasteiger partial charge in [0.15, 0.2) is 15.5 Å². The summed E-state index contributed by atoms with van der Waals surface area (Å²) in [7, 11) is -3.08. The Kier molecular flexibility index (Phi) is 5.60. The first-order valence-corrected chi connectivity index (χ1v) is 13.3. The number of rotatable bonds is 7. The van der Waals surface area contributed by atoms with Crippen LogP contribution in [0, 0.1) is 6.92 Å². The predicted octanol–water partition coefficient (Wildman–Crippen LogP) is 4.02. The molecule has 2 fully saturated rings. The van der Waals surface area contributed by atoms with Gasteiger partial charge in [0, 0.05) is 11.6 Å². The summed E-state index contributed by atoms with van der Waals surface area (Å²) in [6.45, 7) is 4.44. The number of ether oxygens (including phenoxy) is 1. The lowest BCUT2D eigenvalue weighted by atomic mass is 10.1. The van der Waals surface area contributed by atoms with E-state index in [9.17, 15) is 13.2 Å². The minimum atomic E-state index is -3.08. The molecule has 9 heteroatoms. The van der Waals surface area contributed by atoms with Gasteiger partial charge in [-0.3, -0.25) is 4.79 Å². The highest BCUT2D eigenvalue weighted by atomic mass is 32.2. The molecule has 0 spiro atoms. The molecule has 1 amide bonds.